The molecule has 1 saturated carbocycles. The summed E-state index contributed by atoms with van der Waals surface area (Å²) in [5.41, 5.74) is 5.11. The Morgan fingerprint density at radius 3 is 2.58 bits per heavy atom. The summed E-state index contributed by atoms with van der Waals surface area (Å²) in [6.45, 7) is 3.89. The zero-order valence-electron chi connectivity index (χ0n) is 19.1. The van der Waals surface area contributed by atoms with Crippen molar-refractivity contribution in [3.63, 3.8) is 0 Å². The van der Waals surface area contributed by atoms with Gasteiger partial charge < -0.3 is 9.73 Å². The summed E-state index contributed by atoms with van der Waals surface area (Å²) in [6.07, 6.45) is 6.48. The predicted molar refractivity (Wildman–Crippen MR) is 135 cm³/mol. The van der Waals surface area contributed by atoms with Crippen LogP contribution in [0.4, 0.5) is 5.69 Å². The van der Waals surface area contributed by atoms with E-state index >= 15 is 0 Å². The minimum Gasteiger partial charge on any atom is -0.451 e. The van der Waals surface area contributed by atoms with Gasteiger partial charge in [-0.15, -0.1) is 0 Å². The molecule has 5 nitrogen and oxygen atoms in total. The van der Waals surface area contributed by atoms with Gasteiger partial charge in [-0.25, -0.2) is 4.68 Å². The first-order valence-corrected chi connectivity index (χ1v) is 12.7. The summed E-state index contributed by atoms with van der Waals surface area (Å²) in [5, 5.41) is 9.45. The monoisotopic (exact) mass is 459 g/mol. The Balaban J connectivity index is 1.43. The van der Waals surface area contributed by atoms with Crippen molar-refractivity contribution in [1.82, 2.24) is 9.78 Å². The third-order valence-electron chi connectivity index (χ3n) is 6.45. The van der Waals surface area contributed by atoms with E-state index < -0.39 is 0 Å². The van der Waals surface area contributed by atoms with E-state index in [1.807, 2.05) is 78.8 Å². The average molecular weight is 460 g/mol. The van der Waals surface area contributed by atoms with E-state index in [1.165, 1.54) is 32.1 Å². The van der Waals surface area contributed by atoms with Crippen molar-refractivity contribution in [1.29, 1.82) is 0 Å². The number of thioether (sulfide) groups is 1. The number of hydrogen-bond acceptors (Lipinski definition) is 4. The Morgan fingerprint density at radius 1 is 1.06 bits per heavy atom. The number of furan rings is 1. The van der Waals surface area contributed by atoms with Gasteiger partial charge in [0.15, 0.2) is 5.76 Å². The summed E-state index contributed by atoms with van der Waals surface area (Å²) in [4.78, 5) is 13.5. The highest BCUT2D eigenvalue weighted by Gasteiger charge is 2.24. The number of nitrogens with one attached hydrogen (secondary N) is 1. The number of amides is 1. The van der Waals surface area contributed by atoms with E-state index in [9.17, 15) is 4.79 Å². The molecule has 0 aliphatic heterocycles. The lowest BCUT2D eigenvalue weighted by atomic mass is 10.0. The molecule has 2 aromatic heterocycles. The second-order valence-electron chi connectivity index (χ2n) is 8.72. The molecule has 0 atom stereocenters. The van der Waals surface area contributed by atoms with Crippen molar-refractivity contribution in [2.45, 2.75) is 57.0 Å². The van der Waals surface area contributed by atoms with E-state index in [1.54, 1.807) is 0 Å². The third-order valence-corrected chi connectivity index (χ3v) is 7.85. The van der Waals surface area contributed by atoms with Crippen LogP contribution >= 0.6 is 11.8 Å². The number of aryl methyl sites for hydroxylation is 1. The molecule has 0 unspecified atom stereocenters. The van der Waals surface area contributed by atoms with Crippen LogP contribution < -0.4 is 5.32 Å². The van der Waals surface area contributed by atoms with Crippen molar-refractivity contribution >= 4 is 34.3 Å². The van der Waals surface area contributed by atoms with Gasteiger partial charge in [-0.1, -0.05) is 55.7 Å². The molecule has 0 saturated heterocycles. The molecule has 5 rings (SSSR count). The number of para-hydroxylation sites is 2. The van der Waals surface area contributed by atoms with Crippen LogP contribution in [0.5, 0.6) is 0 Å². The van der Waals surface area contributed by atoms with Crippen LogP contribution in [0.25, 0.3) is 16.7 Å². The Bertz CT molecular complexity index is 1270. The molecule has 1 amide bonds. The fourth-order valence-electron chi connectivity index (χ4n) is 4.67. The summed E-state index contributed by atoms with van der Waals surface area (Å²) < 4.78 is 7.96. The zero-order valence-corrected chi connectivity index (χ0v) is 20.0. The molecule has 0 radical (unpaired) electrons. The Morgan fingerprint density at radius 2 is 1.79 bits per heavy atom. The van der Waals surface area contributed by atoms with Gasteiger partial charge in [0, 0.05) is 22.0 Å². The largest absolute Gasteiger partial charge is 0.451 e. The Hall–Kier alpha value is -2.99. The van der Waals surface area contributed by atoms with Crippen molar-refractivity contribution in [2.24, 2.45) is 0 Å². The molecule has 1 aliphatic rings. The van der Waals surface area contributed by atoms with E-state index in [4.69, 9.17) is 4.42 Å². The number of anilines is 1. The fraction of sp³-hybridized carbons (Fsp3) is 0.333. The number of benzene rings is 2. The molecule has 0 bridgehead atoms. The van der Waals surface area contributed by atoms with Gasteiger partial charge in [-0.05, 0) is 44.9 Å². The number of fused-ring (bicyclic) bond motifs is 1. The molecule has 1 aliphatic carbocycles. The molecule has 33 heavy (non-hydrogen) atoms. The molecule has 0 spiro atoms. The number of nitrogens with zero attached hydrogens (tertiary/aromatic N) is 2. The van der Waals surface area contributed by atoms with Gasteiger partial charge in [0.1, 0.15) is 5.58 Å². The minimum atomic E-state index is -0.218. The lowest BCUT2D eigenvalue weighted by Crippen LogP contribution is -2.15. The molecule has 1 fully saturated rings. The van der Waals surface area contributed by atoms with Crippen molar-refractivity contribution in [3.8, 4) is 5.69 Å². The van der Waals surface area contributed by atoms with Crippen LogP contribution in [0.2, 0.25) is 0 Å². The van der Waals surface area contributed by atoms with Gasteiger partial charge in [0.05, 0.1) is 22.8 Å². The smallest absolute Gasteiger partial charge is 0.291 e. The van der Waals surface area contributed by atoms with E-state index in [2.05, 4.69) is 16.5 Å². The van der Waals surface area contributed by atoms with Gasteiger partial charge in [-0.3, -0.25) is 4.79 Å². The highest BCUT2D eigenvalue weighted by atomic mass is 32.2. The molecule has 2 heterocycles. The lowest BCUT2D eigenvalue weighted by molar-refractivity contribution is 0.0997. The van der Waals surface area contributed by atoms with E-state index in [-0.39, 0.29) is 5.91 Å². The van der Waals surface area contributed by atoms with Crippen LogP contribution in [0.3, 0.4) is 0 Å². The minimum absolute atomic E-state index is 0.218. The highest BCUT2D eigenvalue weighted by molar-refractivity contribution is 7.99. The second-order valence-corrected chi connectivity index (χ2v) is 10.0. The molecular weight excluding hydrogens is 430 g/mol. The topological polar surface area (TPSA) is 60.1 Å². The fourth-order valence-corrected chi connectivity index (χ4v) is 6.03. The number of aromatic nitrogens is 2. The van der Waals surface area contributed by atoms with Crippen LogP contribution in [0, 0.1) is 13.8 Å². The van der Waals surface area contributed by atoms with E-state index in [0.29, 0.717) is 11.0 Å². The van der Waals surface area contributed by atoms with E-state index in [0.717, 1.165) is 45.0 Å². The number of carbonyl (C=O) groups is 1. The number of carbonyl (C=O) groups excluding carboxylic acids is 1. The van der Waals surface area contributed by atoms with Crippen LogP contribution in [0.15, 0.2) is 59.0 Å². The van der Waals surface area contributed by atoms with Crippen LogP contribution in [0.1, 0.15) is 59.6 Å². The summed E-state index contributed by atoms with van der Waals surface area (Å²) >= 11 is 1.96. The quantitative estimate of drug-likeness (QED) is 0.335. The second kappa shape index (κ2) is 9.48. The Kier molecular flexibility index (Phi) is 6.27. The van der Waals surface area contributed by atoms with Crippen molar-refractivity contribution in [3.05, 3.63) is 77.3 Å². The Labute approximate surface area is 198 Å². The summed E-state index contributed by atoms with van der Waals surface area (Å²) in [7, 11) is 0. The van der Waals surface area contributed by atoms with Crippen LogP contribution in [-0.4, -0.2) is 20.9 Å². The van der Waals surface area contributed by atoms with Gasteiger partial charge in [0.2, 0.25) is 0 Å². The number of hydrogen-bond donors (Lipinski definition) is 1. The highest BCUT2D eigenvalue weighted by Crippen LogP contribution is 2.35. The first-order valence-electron chi connectivity index (χ1n) is 11.7. The molecule has 170 valence electrons. The molecule has 6 heteroatoms. The van der Waals surface area contributed by atoms with Crippen molar-refractivity contribution in [2.75, 3.05) is 5.32 Å². The van der Waals surface area contributed by atoms with Crippen LogP contribution in [-0.2, 0) is 5.75 Å². The maximum Gasteiger partial charge on any atom is 0.291 e. The molecule has 1 N–H and O–H groups in total. The standard InChI is InChI=1S/C27H29N3O2S/c1-18-25(19(2)30(29-18)20-11-5-3-6-12-20)28-27(31)26-23(17-33-21-13-7-4-8-14-21)22-15-9-10-16-24(22)32-26/h3,5-6,9-12,15-16,21H,4,7-8,13-14,17H2,1-2H3,(H,28,31). The first kappa shape index (κ1) is 21.8. The predicted octanol–water partition coefficient (Wildman–Crippen LogP) is 7.05. The van der Waals surface area contributed by atoms with Gasteiger partial charge >= 0.3 is 0 Å². The third kappa shape index (κ3) is 4.44. The SMILES string of the molecule is Cc1nn(-c2ccccc2)c(C)c1NC(=O)c1oc2ccccc2c1CSC1CCCCC1. The zero-order chi connectivity index (χ0) is 22.8. The number of rotatable bonds is 6. The van der Waals surface area contributed by atoms with Gasteiger partial charge in [-0.2, -0.15) is 16.9 Å². The summed E-state index contributed by atoms with van der Waals surface area (Å²) in [6, 6.07) is 17.9. The maximum atomic E-state index is 13.5. The first-order chi connectivity index (χ1) is 16.1. The normalized spacial score (nSPS) is 14.6. The van der Waals surface area contributed by atoms with Gasteiger partial charge in [0.25, 0.3) is 5.91 Å². The lowest BCUT2D eigenvalue weighted by Gasteiger charge is -2.20. The average Bonchev–Trinajstić information content (AvgIpc) is 3.36. The molecule has 4 aromatic rings. The molecular formula is C27H29N3O2S. The van der Waals surface area contributed by atoms with Crippen molar-refractivity contribution < 1.29 is 9.21 Å². The summed E-state index contributed by atoms with van der Waals surface area (Å²) in [5.74, 6) is 0.973. The maximum absolute atomic E-state index is 13.5. The molecule has 2 aromatic carbocycles.